The Morgan fingerprint density at radius 1 is 1.27 bits per heavy atom. The summed E-state index contributed by atoms with van der Waals surface area (Å²) in [5.74, 6) is -0.143. The van der Waals surface area contributed by atoms with Gasteiger partial charge >= 0.3 is 6.18 Å². The molecule has 2 rings (SSSR count). The largest absolute Gasteiger partial charge is 0.419 e. The van der Waals surface area contributed by atoms with Gasteiger partial charge in [0.15, 0.2) is 0 Å². The minimum atomic E-state index is -4.40. The summed E-state index contributed by atoms with van der Waals surface area (Å²) >= 11 is 0. The molecule has 2 aromatic rings. The number of nitrogens with zero attached hydrogens (tertiary/aromatic N) is 3. The molecule has 2 N–H and O–H groups in total. The second-order valence-corrected chi connectivity index (χ2v) is 4.71. The Balaban J connectivity index is 1.77. The van der Waals surface area contributed by atoms with Gasteiger partial charge in [-0.15, -0.1) is 0 Å². The lowest BCUT2D eigenvalue weighted by molar-refractivity contribution is -0.137. The molecule has 0 radical (unpaired) electrons. The van der Waals surface area contributed by atoms with Gasteiger partial charge < -0.3 is 10.6 Å². The van der Waals surface area contributed by atoms with Crippen LogP contribution in [0.4, 0.5) is 19.0 Å². The first-order valence-corrected chi connectivity index (χ1v) is 6.99. The summed E-state index contributed by atoms with van der Waals surface area (Å²) in [6.07, 6.45) is 0.633. The van der Waals surface area contributed by atoms with E-state index in [1.807, 2.05) is 17.8 Å². The Morgan fingerprint density at radius 3 is 2.77 bits per heavy atom. The number of halogens is 3. The standard InChI is InChI=1S/C14H18F3N5/c1-2-22-10-11(9-21-22)8-18-6-7-20-13-12(14(15,16)17)4-3-5-19-13/h3-5,9-10,18H,2,6-8H2,1H3,(H,19,20). The molecule has 0 aromatic carbocycles. The third-order valence-electron chi connectivity index (χ3n) is 3.05. The molecule has 0 unspecified atom stereocenters. The van der Waals surface area contributed by atoms with Gasteiger partial charge in [-0.2, -0.15) is 18.3 Å². The summed E-state index contributed by atoms with van der Waals surface area (Å²) in [4.78, 5) is 3.74. The van der Waals surface area contributed by atoms with E-state index < -0.39 is 11.7 Å². The van der Waals surface area contributed by atoms with E-state index in [0.29, 0.717) is 19.6 Å². The average molecular weight is 313 g/mol. The monoisotopic (exact) mass is 313 g/mol. The van der Waals surface area contributed by atoms with Crippen molar-refractivity contribution in [2.24, 2.45) is 0 Å². The van der Waals surface area contributed by atoms with E-state index in [1.165, 1.54) is 12.3 Å². The normalized spacial score (nSPS) is 11.6. The number of hydrogen-bond donors (Lipinski definition) is 2. The molecule has 0 aliphatic heterocycles. The first-order valence-electron chi connectivity index (χ1n) is 6.99. The molecule has 0 atom stereocenters. The molecule has 8 heteroatoms. The second kappa shape index (κ2) is 7.26. The number of pyridine rings is 1. The van der Waals surface area contributed by atoms with Crippen LogP contribution in [0, 0.1) is 0 Å². The zero-order chi connectivity index (χ0) is 16.0. The molecule has 0 amide bonds. The fourth-order valence-corrected chi connectivity index (χ4v) is 1.95. The molecule has 0 bridgehead atoms. The van der Waals surface area contributed by atoms with Crippen molar-refractivity contribution in [2.45, 2.75) is 26.2 Å². The fourth-order valence-electron chi connectivity index (χ4n) is 1.95. The molecule has 0 spiro atoms. The first-order chi connectivity index (χ1) is 10.5. The minimum absolute atomic E-state index is 0.143. The summed E-state index contributed by atoms with van der Waals surface area (Å²) in [5, 5.41) is 10.00. The molecule has 120 valence electrons. The van der Waals surface area contributed by atoms with Crippen molar-refractivity contribution in [3.63, 3.8) is 0 Å². The number of hydrogen-bond acceptors (Lipinski definition) is 4. The zero-order valence-corrected chi connectivity index (χ0v) is 12.2. The number of anilines is 1. The average Bonchev–Trinajstić information content (AvgIpc) is 2.94. The van der Waals surface area contributed by atoms with Crippen LogP contribution < -0.4 is 10.6 Å². The van der Waals surface area contributed by atoms with Gasteiger partial charge in [0.05, 0.1) is 11.8 Å². The number of alkyl halides is 3. The topological polar surface area (TPSA) is 54.8 Å². The van der Waals surface area contributed by atoms with Crippen LogP contribution in [-0.2, 0) is 19.3 Å². The lowest BCUT2D eigenvalue weighted by atomic mass is 10.2. The molecular weight excluding hydrogens is 295 g/mol. The Bertz CT molecular complexity index is 594. The lowest BCUT2D eigenvalue weighted by Crippen LogP contribution is -2.23. The Hall–Kier alpha value is -2.09. The van der Waals surface area contributed by atoms with Crippen LogP contribution in [0.2, 0.25) is 0 Å². The molecule has 22 heavy (non-hydrogen) atoms. The van der Waals surface area contributed by atoms with Crippen molar-refractivity contribution in [3.8, 4) is 0 Å². The smallest absolute Gasteiger partial charge is 0.368 e. The zero-order valence-electron chi connectivity index (χ0n) is 12.2. The van der Waals surface area contributed by atoms with Crippen molar-refractivity contribution in [1.29, 1.82) is 0 Å². The summed E-state index contributed by atoms with van der Waals surface area (Å²) in [6.45, 7) is 4.30. The van der Waals surface area contributed by atoms with Crippen LogP contribution in [0.25, 0.3) is 0 Å². The highest BCUT2D eigenvalue weighted by Gasteiger charge is 2.33. The molecule has 0 saturated carbocycles. The predicted molar refractivity (Wildman–Crippen MR) is 77.3 cm³/mol. The van der Waals surface area contributed by atoms with Crippen molar-refractivity contribution in [2.75, 3.05) is 18.4 Å². The number of nitrogens with one attached hydrogen (secondary N) is 2. The van der Waals surface area contributed by atoms with Gasteiger partial charge in [-0.05, 0) is 19.1 Å². The molecule has 0 aliphatic rings. The van der Waals surface area contributed by atoms with Crippen molar-refractivity contribution in [3.05, 3.63) is 41.9 Å². The van der Waals surface area contributed by atoms with Gasteiger partial charge in [0, 0.05) is 44.1 Å². The quantitative estimate of drug-likeness (QED) is 0.771. The van der Waals surface area contributed by atoms with Gasteiger partial charge in [-0.3, -0.25) is 4.68 Å². The third-order valence-corrected chi connectivity index (χ3v) is 3.05. The summed E-state index contributed by atoms with van der Waals surface area (Å²) in [6, 6.07) is 2.29. The molecule has 0 fully saturated rings. The summed E-state index contributed by atoms with van der Waals surface area (Å²) in [5.41, 5.74) is 0.287. The highest BCUT2D eigenvalue weighted by atomic mass is 19.4. The minimum Gasteiger partial charge on any atom is -0.368 e. The molecule has 5 nitrogen and oxygen atoms in total. The van der Waals surface area contributed by atoms with Crippen LogP contribution >= 0.6 is 0 Å². The highest BCUT2D eigenvalue weighted by molar-refractivity contribution is 5.45. The summed E-state index contributed by atoms with van der Waals surface area (Å²) < 4.78 is 40.1. The Kier molecular flexibility index (Phi) is 5.37. The van der Waals surface area contributed by atoms with E-state index in [2.05, 4.69) is 20.7 Å². The molecular formula is C14H18F3N5. The van der Waals surface area contributed by atoms with E-state index >= 15 is 0 Å². The number of rotatable bonds is 7. The van der Waals surface area contributed by atoms with Crippen LogP contribution in [0.3, 0.4) is 0 Å². The van der Waals surface area contributed by atoms with E-state index in [4.69, 9.17) is 0 Å². The molecule has 2 aromatic heterocycles. The van der Waals surface area contributed by atoms with E-state index in [9.17, 15) is 13.2 Å². The summed E-state index contributed by atoms with van der Waals surface area (Å²) in [7, 11) is 0. The third kappa shape index (κ3) is 4.45. The van der Waals surface area contributed by atoms with Gasteiger partial charge in [-0.25, -0.2) is 4.98 Å². The van der Waals surface area contributed by atoms with E-state index in [1.54, 1.807) is 6.20 Å². The van der Waals surface area contributed by atoms with Crippen molar-refractivity contribution < 1.29 is 13.2 Å². The van der Waals surface area contributed by atoms with Crippen LogP contribution in [0.5, 0.6) is 0 Å². The van der Waals surface area contributed by atoms with Gasteiger partial charge in [-0.1, -0.05) is 0 Å². The van der Waals surface area contributed by atoms with E-state index in [0.717, 1.165) is 18.2 Å². The fraction of sp³-hybridized carbons (Fsp3) is 0.429. The Morgan fingerprint density at radius 2 is 2.09 bits per heavy atom. The maximum Gasteiger partial charge on any atom is 0.419 e. The predicted octanol–water partition coefficient (Wildman–Crippen LogP) is 2.52. The van der Waals surface area contributed by atoms with Crippen LogP contribution in [-0.4, -0.2) is 27.9 Å². The molecule has 2 heterocycles. The highest BCUT2D eigenvalue weighted by Crippen LogP contribution is 2.33. The second-order valence-electron chi connectivity index (χ2n) is 4.71. The van der Waals surface area contributed by atoms with Gasteiger partial charge in [0.1, 0.15) is 5.82 Å². The maximum absolute atomic E-state index is 12.8. The molecule has 0 saturated heterocycles. The molecule has 0 aliphatic carbocycles. The van der Waals surface area contributed by atoms with Gasteiger partial charge in [0.25, 0.3) is 0 Å². The van der Waals surface area contributed by atoms with Gasteiger partial charge in [0.2, 0.25) is 0 Å². The maximum atomic E-state index is 12.8. The van der Waals surface area contributed by atoms with Crippen LogP contribution in [0.15, 0.2) is 30.7 Å². The SMILES string of the molecule is CCn1cc(CNCCNc2ncccc2C(F)(F)F)cn1. The lowest BCUT2D eigenvalue weighted by Gasteiger charge is -2.13. The van der Waals surface area contributed by atoms with Crippen LogP contribution in [0.1, 0.15) is 18.1 Å². The number of aromatic nitrogens is 3. The Labute approximate surface area is 126 Å². The number of aryl methyl sites for hydroxylation is 1. The first kappa shape index (κ1) is 16.3. The van der Waals surface area contributed by atoms with Crippen molar-refractivity contribution in [1.82, 2.24) is 20.1 Å². The van der Waals surface area contributed by atoms with E-state index in [-0.39, 0.29) is 5.82 Å². The van der Waals surface area contributed by atoms with Crippen molar-refractivity contribution >= 4 is 5.82 Å².